The third-order valence-electron chi connectivity index (χ3n) is 3.37. The molecule has 5 nitrogen and oxygen atoms in total. The van der Waals surface area contributed by atoms with Crippen LogP contribution in [0.3, 0.4) is 0 Å². The Balaban J connectivity index is 1.85. The zero-order valence-corrected chi connectivity index (χ0v) is 13.8. The topological polar surface area (TPSA) is 59.3 Å². The summed E-state index contributed by atoms with van der Waals surface area (Å²) in [4.78, 5) is 12.1. The van der Waals surface area contributed by atoms with E-state index in [1.54, 1.807) is 12.1 Å². The van der Waals surface area contributed by atoms with E-state index in [9.17, 15) is 18.0 Å². The van der Waals surface area contributed by atoms with Gasteiger partial charge in [-0.05, 0) is 30.3 Å². The number of nitrogens with one attached hydrogen (secondary N) is 1. The zero-order chi connectivity index (χ0) is 18.2. The maximum Gasteiger partial charge on any atom is 0.417 e. The average Bonchev–Trinajstić information content (AvgIpc) is 2.96. The van der Waals surface area contributed by atoms with E-state index in [-0.39, 0.29) is 23.0 Å². The standard InChI is InChI=1S/C15H9Cl2F3N4O/c16-10-3-1-8(2-4-10)14(25)21-6-12-22-23-13-11(17)5-9(7-24(12)13)15(18,19)20/h1-5,7H,6H2,(H,21,25). The molecule has 1 amide bonds. The van der Waals surface area contributed by atoms with Gasteiger partial charge in [-0.15, -0.1) is 10.2 Å². The molecule has 2 heterocycles. The van der Waals surface area contributed by atoms with E-state index >= 15 is 0 Å². The van der Waals surface area contributed by atoms with Crippen LogP contribution < -0.4 is 5.32 Å². The third-order valence-corrected chi connectivity index (χ3v) is 3.90. The highest BCUT2D eigenvalue weighted by Crippen LogP contribution is 2.32. The smallest absolute Gasteiger partial charge is 0.345 e. The van der Waals surface area contributed by atoms with Crippen molar-refractivity contribution < 1.29 is 18.0 Å². The molecule has 0 aliphatic heterocycles. The first-order chi connectivity index (χ1) is 11.8. The number of hydrogen-bond donors (Lipinski definition) is 1. The molecule has 3 aromatic rings. The molecule has 130 valence electrons. The Morgan fingerprint density at radius 2 is 1.84 bits per heavy atom. The van der Waals surface area contributed by atoms with Crippen molar-refractivity contribution in [3.63, 3.8) is 0 Å². The van der Waals surface area contributed by atoms with E-state index in [1.165, 1.54) is 12.1 Å². The van der Waals surface area contributed by atoms with Gasteiger partial charge < -0.3 is 5.32 Å². The predicted molar refractivity (Wildman–Crippen MR) is 85.6 cm³/mol. The Hall–Kier alpha value is -2.32. The van der Waals surface area contributed by atoms with Gasteiger partial charge in [0.1, 0.15) is 0 Å². The lowest BCUT2D eigenvalue weighted by Crippen LogP contribution is -2.24. The van der Waals surface area contributed by atoms with Crippen LogP contribution in [-0.2, 0) is 12.7 Å². The molecule has 0 unspecified atom stereocenters. The molecule has 0 saturated heterocycles. The molecule has 2 aromatic heterocycles. The second-order valence-electron chi connectivity index (χ2n) is 5.07. The SMILES string of the molecule is O=C(NCc1nnc2c(Cl)cc(C(F)(F)F)cn12)c1ccc(Cl)cc1. The highest BCUT2D eigenvalue weighted by atomic mass is 35.5. The van der Waals surface area contributed by atoms with Crippen molar-refractivity contribution in [1.82, 2.24) is 19.9 Å². The molecule has 0 radical (unpaired) electrons. The highest BCUT2D eigenvalue weighted by molar-refractivity contribution is 6.33. The maximum absolute atomic E-state index is 12.9. The van der Waals surface area contributed by atoms with Crippen molar-refractivity contribution in [1.29, 1.82) is 0 Å². The number of aromatic nitrogens is 3. The third kappa shape index (κ3) is 3.69. The molecule has 1 aromatic carbocycles. The summed E-state index contributed by atoms with van der Waals surface area (Å²) in [5.74, 6) is -0.309. The Kier molecular flexibility index (Phi) is 4.57. The van der Waals surface area contributed by atoms with Crippen molar-refractivity contribution in [3.8, 4) is 0 Å². The molecule has 0 spiro atoms. The first kappa shape index (κ1) is 17.5. The average molecular weight is 389 g/mol. The number of nitrogens with zero attached hydrogens (tertiary/aromatic N) is 3. The molecule has 25 heavy (non-hydrogen) atoms. The van der Waals surface area contributed by atoms with E-state index in [0.717, 1.165) is 16.7 Å². The van der Waals surface area contributed by atoms with Crippen molar-refractivity contribution in [3.05, 3.63) is 63.5 Å². The Bertz CT molecular complexity index is 938. The van der Waals surface area contributed by atoms with E-state index in [2.05, 4.69) is 15.5 Å². The molecular formula is C15H9Cl2F3N4O. The van der Waals surface area contributed by atoms with Crippen molar-refractivity contribution in [2.75, 3.05) is 0 Å². The van der Waals surface area contributed by atoms with Gasteiger partial charge in [0.05, 0.1) is 17.1 Å². The van der Waals surface area contributed by atoms with Crippen LogP contribution in [0.1, 0.15) is 21.7 Å². The first-order valence-electron chi connectivity index (χ1n) is 6.90. The van der Waals surface area contributed by atoms with Crippen molar-refractivity contribution in [2.45, 2.75) is 12.7 Å². The second-order valence-corrected chi connectivity index (χ2v) is 5.92. The van der Waals surface area contributed by atoms with E-state index < -0.39 is 17.6 Å². The fraction of sp³-hybridized carbons (Fsp3) is 0.133. The predicted octanol–water partition coefficient (Wildman–Crippen LogP) is 3.98. The Morgan fingerprint density at radius 3 is 2.48 bits per heavy atom. The fourth-order valence-corrected chi connectivity index (χ4v) is 2.51. The highest BCUT2D eigenvalue weighted by Gasteiger charge is 2.32. The monoisotopic (exact) mass is 388 g/mol. The number of carbonyl (C=O) groups excluding carboxylic acids is 1. The lowest BCUT2D eigenvalue weighted by atomic mass is 10.2. The minimum absolute atomic E-state index is 0.0745. The lowest BCUT2D eigenvalue weighted by Gasteiger charge is -2.09. The summed E-state index contributed by atoms with van der Waals surface area (Å²) in [5, 5.41) is 10.4. The van der Waals surface area contributed by atoms with Crippen LogP contribution in [-0.4, -0.2) is 20.5 Å². The summed E-state index contributed by atoms with van der Waals surface area (Å²) < 4.78 is 39.8. The largest absolute Gasteiger partial charge is 0.417 e. The molecule has 0 atom stereocenters. The molecule has 0 aliphatic carbocycles. The number of rotatable bonds is 3. The molecule has 10 heteroatoms. The van der Waals surface area contributed by atoms with Crippen molar-refractivity contribution >= 4 is 34.8 Å². The number of alkyl halides is 3. The van der Waals surface area contributed by atoms with Gasteiger partial charge in [-0.25, -0.2) is 0 Å². The normalized spacial score (nSPS) is 11.7. The van der Waals surface area contributed by atoms with Crippen LogP contribution >= 0.6 is 23.2 Å². The molecule has 0 saturated carbocycles. The van der Waals surface area contributed by atoms with Gasteiger partial charge in [0, 0.05) is 16.8 Å². The number of benzene rings is 1. The van der Waals surface area contributed by atoms with E-state index in [1.807, 2.05) is 0 Å². The first-order valence-corrected chi connectivity index (χ1v) is 7.65. The van der Waals surface area contributed by atoms with Crippen LogP contribution in [0, 0.1) is 0 Å². The van der Waals surface area contributed by atoms with Gasteiger partial charge >= 0.3 is 6.18 Å². The van der Waals surface area contributed by atoms with Gasteiger partial charge in [-0.2, -0.15) is 13.2 Å². The second kappa shape index (κ2) is 6.53. The summed E-state index contributed by atoms with van der Waals surface area (Å²) in [6.07, 6.45) is -3.73. The molecule has 3 rings (SSSR count). The molecule has 0 bridgehead atoms. The van der Waals surface area contributed by atoms with Crippen LogP contribution in [0.4, 0.5) is 13.2 Å². The zero-order valence-electron chi connectivity index (χ0n) is 12.3. The van der Waals surface area contributed by atoms with Gasteiger partial charge in [0.15, 0.2) is 11.5 Å². The van der Waals surface area contributed by atoms with Crippen LogP contribution in [0.25, 0.3) is 5.65 Å². The number of halogens is 5. The summed E-state index contributed by atoms with van der Waals surface area (Å²) in [6, 6.07) is 6.94. The Labute approximate surface area is 149 Å². The number of amides is 1. The van der Waals surface area contributed by atoms with E-state index in [0.29, 0.717) is 10.6 Å². The van der Waals surface area contributed by atoms with Gasteiger partial charge in [0.25, 0.3) is 5.91 Å². The summed E-state index contributed by atoms with van der Waals surface area (Å²) in [7, 11) is 0. The minimum atomic E-state index is -4.56. The lowest BCUT2D eigenvalue weighted by molar-refractivity contribution is -0.137. The van der Waals surface area contributed by atoms with Crippen LogP contribution in [0.2, 0.25) is 10.0 Å². The molecule has 0 aliphatic rings. The molecule has 0 fully saturated rings. The van der Waals surface area contributed by atoms with Crippen molar-refractivity contribution in [2.24, 2.45) is 0 Å². The van der Waals surface area contributed by atoms with Gasteiger partial charge in [0.2, 0.25) is 0 Å². The number of carbonyl (C=O) groups is 1. The molecular weight excluding hydrogens is 380 g/mol. The summed E-state index contributed by atoms with van der Waals surface area (Å²) >= 11 is 11.6. The van der Waals surface area contributed by atoms with Gasteiger partial charge in [-0.3, -0.25) is 9.20 Å². The van der Waals surface area contributed by atoms with Crippen LogP contribution in [0.5, 0.6) is 0 Å². The maximum atomic E-state index is 12.9. The van der Waals surface area contributed by atoms with Crippen LogP contribution in [0.15, 0.2) is 36.5 Å². The van der Waals surface area contributed by atoms with E-state index in [4.69, 9.17) is 23.2 Å². The Morgan fingerprint density at radius 1 is 1.16 bits per heavy atom. The number of fused-ring (bicyclic) bond motifs is 1. The number of pyridine rings is 1. The number of hydrogen-bond acceptors (Lipinski definition) is 3. The quantitative estimate of drug-likeness (QED) is 0.737. The molecule has 1 N–H and O–H groups in total. The summed E-state index contributed by atoms with van der Waals surface area (Å²) in [6.45, 7) is -0.125. The summed E-state index contributed by atoms with van der Waals surface area (Å²) in [5.41, 5.74) is -0.507. The minimum Gasteiger partial charge on any atom is -0.345 e. The fourth-order valence-electron chi connectivity index (χ4n) is 2.14. The van der Waals surface area contributed by atoms with Gasteiger partial charge in [-0.1, -0.05) is 23.2 Å².